The Morgan fingerprint density at radius 1 is 1.06 bits per heavy atom. The van der Waals surface area contributed by atoms with Crippen LogP contribution in [0.2, 0.25) is 0 Å². The molecule has 3 heterocycles. The molecule has 1 aromatic rings. The third-order valence-electron chi connectivity index (χ3n) is 5.64. The van der Waals surface area contributed by atoms with Crippen molar-refractivity contribution in [1.29, 1.82) is 0 Å². The van der Waals surface area contributed by atoms with Crippen LogP contribution in [-0.2, 0) is 33.2 Å². The predicted molar refractivity (Wildman–Crippen MR) is 112 cm³/mol. The highest BCUT2D eigenvalue weighted by atomic mass is 16.8. The Hall–Kier alpha value is -1.55. The zero-order chi connectivity index (χ0) is 22.4. The molecule has 0 saturated carbocycles. The highest BCUT2D eigenvalue weighted by molar-refractivity contribution is 5.94. The van der Waals surface area contributed by atoms with Gasteiger partial charge in [-0.25, -0.2) is 0 Å². The molecule has 0 aromatic heterocycles. The van der Waals surface area contributed by atoms with Crippen molar-refractivity contribution in [3.8, 4) is 0 Å². The topological polar surface area (TPSA) is 75.7 Å². The number of para-hydroxylation sites is 1. The van der Waals surface area contributed by atoms with Crippen molar-refractivity contribution in [3.05, 3.63) is 30.3 Å². The molecule has 0 aliphatic carbocycles. The van der Waals surface area contributed by atoms with Gasteiger partial charge in [0.1, 0.15) is 31.0 Å². The van der Waals surface area contributed by atoms with Crippen molar-refractivity contribution in [1.82, 2.24) is 0 Å². The molecular formula is C23H33NO7. The van der Waals surface area contributed by atoms with Gasteiger partial charge in [-0.05, 0) is 53.7 Å². The maximum atomic E-state index is 13.1. The van der Waals surface area contributed by atoms with Gasteiger partial charge in [0.25, 0.3) is 5.91 Å². The van der Waals surface area contributed by atoms with Crippen molar-refractivity contribution in [3.63, 3.8) is 0 Å². The van der Waals surface area contributed by atoms with Gasteiger partial charge in [0.15, 0.2) is 17.9 Å². The Balaban J connectivity index is 1.49. The summed E-state index contributed by atoms with van der Waals surface area (Å²) in [5, 5.41) is 0. The van der Waals surface area contributed by atoms with Gasteiger partial charge in [-0.3, -0.25) is 4.79 Å². The Kier molecular flexibility index (Phi) is 6.15. The first kappa shape index (κ1) is 22.6. The van der Waals surface area contributed by atoms with Crippen molar-refractivity contribution < 1.29 is 33.2 Å². The first-order valence-electron chi connectivity index (χ1n) is 10.9. The van der Waals surface area contributed by atoms with Gasteiger partial charge in [0.2, 0.25) is 0 Å². The second-order valence-corrected chi connectivity index (χ2v) is 9.41. The van der Waals surface area contributed by atoms with Gasteiger partial charge in [-0.1, -0.05) is 18.2 Å². The summed E-state index contributed by atoms with van der Waals surface area (Å²) in [5.74, 6) is -1.62. The van der Waals surface area contributed by atoms with Crippen LogP contribution >= 0.6 is 0 Å². The molecule has 0 bridgehead atoms. The van der Waals surface area contributed by atoms with Crippen LogP contribution in [0, 0.1) is 0 Å². The average Bonchev–Trinajstić information content (AvgIpc) is 3.29. The molecule has 1 amide bonds. The third-order valence-corrected chi connectivity index (χ3v) is 5.64. The van der Waals surface area contributed by atoms with E-state index in [0.717, 1.165) is 5.69 Å². The quantitative estimate of drug-likeness (QED) is 0.680. The summed E-state index contributed by atoms with van der Waals surface area (Å²) in [6, 6.07) is 9.56. The summed E-state index contributed by atoms with van der Waals surface area (Å²) in [6.07, 6.45) is -2.37. The largest absolute Gasteiger partial charge is 0.363 e. The number of carbonyl (C=O) groups excluding carboxylic acids is 1. The number of nitrogens with zero attached hydrogens (tertiary/aromatic N) is 1. The number of hydrogen-bond donors (Lipinski definition) is 0. The summed E-state index contributed by atoms with van der Waals surface area (Å²) < 4.78 is 36.0. The lowest BCUT2D eigenvalue weighted by molar-refractivity contribution is -0.235. The van der Waals surface area contributed by atoms with Crippen LogP contribution in [-0.4, -0.2) is 67.4 Å². The Labute approximate surface area is 183 Å². The average molecular weight is 436 g/mol. The lowest BCUT2D eigenvalue weighted by atomic mass is 10.1. The molecule has 3 saturated heterocycles. The molecule has 8 heteroatoms. The molecule has 172 valence electrons. The minimum atomic E-state index is -0.785. The van der Waals surface area contributed by atoms with E-state index < -0.39 is 36.2 Å². The van der Waals surface area contributed by atoms with E-state index in [1.165, 1.54) is 0 Å². The van der Waals surface area contributed by atoms with E-state index in [4.69, 9.17) is 28.4 Å². The Morgan fingerprint density at radius 3 is 2.39 bits per heavy atom. The molecule has 0 radical (unpaired) electrons. The summed E-state index contributed by atoms with van der Waals surface area (Å²) in [6.45, 7) is 11.6. The number of ether oxygens (including phenoxy) is 6. The molecule has 8 nitrogen and oxygen atoms in total. The van der Waals surface area contributed by atoms with Gasteiger partial charge in [0, 0.05) is 11.7 Å². The number of anilines is 1. The van der Waals surface area contributed by atoms with Gasteiger partial charge in [-0.2, -0.15) is 0 Å². The second-order valence-electron chi connectivity index (χ2n) is 9.41. The van der Waals surface area contributed by atoms with E-state index in [2.05, 4.69) is 0 Å². The van der Waals surface area contributed by atoms with E-state index in [1.54, 1.807) is 4.90 Å². The molecule has 0 N–H and O–H groups in total. The molecule has 5 atom stereocenters. The SMILES string of the molecule is CC(C)N(C(=O)CO[C@H]1[C@H]2OC(C)(C)O[C@@H]2O[C@@H]1[C@H]1COC(C)(C)O1)c1ccccc1. The maximum Gasteiger partial charge on any atom is 0.253 e. The number of benzene rings is 1. The van der Waals surface area contributed by atoms with Gasteiger partial charge in [0.05, 0.1) is 6.61 Å². The summed E-state index contributed by atoms with van der Waals surface area (Å²) in [5.41, 5.74) is 0.832. The molecule has 31 heavy (non-hydrogen) atoms. The first-order chi connectivity index (χ1) is 14.6. The predicted octanol–water partition coefficient (Wildman–Crippen LogP) is 2.84. The molecule has 3 aliphatic rings. The smallest absolute Gasteiger partial charge is 0.253 e. The van der Waals surface area contributed by atoms with Gasteiger partial charge >= 0.3 is 0 Å². The summed E-state index contributed by atoms with van der Waals surface area (Å²) >= 11 is 0. The van der Waals surface area contributed by atoms with E-state index in [-0.39, 0.29) is 24.7 Å². The van der Waals surface area contributed by atoms with Crippen molar-refractivity contribution >= 4 is 11.6 Å². The van der Waals surface area contributed by atoms with Crippen LogP contribution in [0.3, 0.4) is 0 Å². The number of hydrogen-bond acceptors (Lipinski definition) is 7. The van der Waals surface area contributed by atoms with Crippen LogP contribution in [0.1, 0.15) is 41.5 Å². The zero-order valence-corrected chi connectivity index (χ0v) is 19.1. The highest BCUT2D eigenvalue weighted by Crippen LogP contribution is 2.42. The van der Waals surface area contributed by atoms with E-state index >= 15 is 0 Å². The Bertz CT molecular complexity index is 781. The maximum absolute atomic E-state index is 13.1. The van der Waals surface area contributed by atoms with E-state index in [1.807, 2.05) is 71.9 Å². The number of amides is 1. The molecule has 0 unspecified atom stereocenters. The van der Waals surface area contributed by atoms with Crippen LogP contribution < -0.4 is 4.90 Å². The van der Waals surface area contributed by atoms with Crippen LogP contribution in [0.4, 0.5) is 5.69 Å². The molecule has 1 aromatic carbocycles. The molecule has 4 rings (SSSR count). The van der Waals surface area contributed by atoms with Gasteiger partial charge in [-0.15, -0.1) is 0 Å². The van der Waals surface area contributed by atoms with Crippen molar-refractivity contribution in [2.75, 3.05) is 18.1 Å². The monoisotopic (exact) mass is 435 g/mol. The fourth-order valence-corrected chi connectivity index (χ4v) is 4.43. The molecule has 3 fully saturated rings. The standard InChI is InChI=1S/C23H33NO7/c1-14(2)24(15-10-8-7-9-11-15)17(25)13-26-19-18(16-12-27-22(3,4)29-16)28-21-20(19)30-23(5,6)31-21/h7-11,14,16,18-21H,12-13H2,1-6H3/t16-,18-,19-,20-,21+/m1/s1. The van der Waals surface area contributed by atoms with Crippen LogP contribution in [0.15, 0.2) is 30.3 Å². The normalized spacial score (nSPS) is 33.6. The van der Waals surface area contributed by atoms with Crippen LogP contribution in [0.25, 0.3) is 0 Å². The fraction of sp³-hybridized carbons (Fsp3) is 0.696. The minimum absolute atomic E-state index is 0.0146. The lowest BCUT2D eigenvalue weighted by Gasteiger charge is -2.30. The van der Waals surface area contributed by atoms with E-state index in [0.29, 0.717) is 6.61 Å². The van der Waals surface area contributed by atoms with Crippen LogP contribution in [0.5, 0.6) is 0 Å². The zero-order valence-electron chi connectivity index (χ0n) is 19.1. The number of rotatable bonds is 6. The second kappa shape index (κ2) is 8.42. The van der Waals surface area contributed by atoms with Crippen molar-refractivity contribution in [2.24, 2.45) is 0 Å². The summed E-state index contributed by atoms with van der Waals surface area (Å²) in [4.78, 5) is 14.9. The third kappa shape index (κ3) is 4.79. The first-order valence-corrected chi connectivity index (χ1v) is 10.9. The lowest BCUT2D eigenvalue weighted by Crippen LogP contribution is -2.46. The molecule has 3 aliphatic heterocycles. The minimum Gasteiger partial charge on any atom is -0.363 e. The van der Waals surface area contributed by atoms with Crippen molar-refractivity contribution in [2.45, 2.75) is 89.9 Å². The molecular weight excluding hydrogens is 402 g/mol. The Morgan fingerprint density at radius 2 is 1.77 bits per heavy atom. The van der Waals surface area contributed by atoms with Gasteiger partial charge < -0.3 is 33.3 Å². The molecule has 0 spiro atoms. The summed E-state index contributed by atoms with van der Waals surface area (Å²) in [7, 11) is 0. The highest BCUT2D eigenvalue weighted by Gasteiger charge is 2.59. The number of fused-ring (bicyclic) bond motifs is 1. The number of carbonyl (C=O) groups is 1. The van der Waals surface area contributed by atoms with E-state index in [9.17, 15) is 4.79 Å². The fourth-order valence-electron chi connectivity index (χ4n) is 4.43.